The molecule has 1 saturated heterocycles. The average Bonchev–Trinajstić information content (AvgIpc) is 3.10. The van der Waals surface area contributed by atoms with Gasteiger partial charge in [-0.25, -0.2) is 4.79 Å². The van der Waals surface area contributed by atoms with E-state index in [1.165, 1.54) is 11.3 Å². The van der Waals surface area contributed by atoms with Gasteiger partial charge >= 0.3 is 6.03 Å². The first-order valence-corrected chi connectivity index (χ1v) is 8.99. The average molecular weight is 397 g/mol. The molecule has 7 N–H and O–H groups in total. The minimum Gasteiger partial charge on any atom is -0.462 e. The number of amides is 2. The van der Waals surface area contributed by atoms with E-state index in [0.717, 1.165) is 10.4 Å². The Labute approximate surface area is 158 Å². The van der Waals surface area contributed by atoms with Crippen LogP contribution in [0.1, 0.15) is 0 Å². The number of rotatable bonds is 5. The first-order chi connectivity index (χ1) is 12.9. The predicted octanol–water partition coefficient (Wildman–Crippen LogP) is 0.0844. The quantitative estimate of drug-likeness (QED) is 0.391. The van der Waals surface area contributed by atoms with Gasteiger partial charge in [-0.15, -0.1) is 11.3 Å². The number of nitrogens with one attached hydrogen (secondary N) is 1. The van der Waals surface area contributed by atoms with Crippen LogP contribution in [0.4, 0.5) is 10.5 Å². The number of aliphatic hydroxyl groups excluding tert-OH is 4. The molecule has 1 aliphatic heterocycles. The van der Waals surface area contributed by atoms with Gasteiger partial charge in [-0.1, -0.05) is 0 Å². The van der Waals surface area contributed by atoms with E-state index >= 15 is 0 Å². The zero-order chi connectivity index (χ0) is 19.6. The summed E-state index contributed by atoms with van der Waals surface area (Å²) in [6.07, 6.45) is -6.67. The lowest BCUT2D eigenvalue weighted by molar-refractivity contribution is -0.277. The summed E-state index contributed by atoms with van der Waals surface area (Å²) in [4.78, 5) is 11.8. The van der Waals surface area contributed by atoms with Crippen LogP contribution in [0.25, 0.3) is 10.4 Å². The van der Waals surface area contributed by atoms with Crippen molar-refractivity contribution in [2.75, 3.05) is 11.9 Å². The van der Waals surface area contributed by atoms with Crippen molar-refractivity contribution in [3.8, 4) is 16.2 Å². The molecule has 10 heteroatoms. The van der Waals surface area contributed by atoms with E-state index < -0.39 is 43.3 Å². The summed E-state index contributed by atoms with van der Waals surface area (Å²) in [5.41, 5.74) is 6.56. The molecule has 0 spiro atoms. The van der Waals surface area contributed by atoms with Gasteiger partial charge < -0.3 is 41.0 Å². The van der Waals surface area contributed by atoms with E-state index in [4.69, 9.17) is 15.2 Å². The molecular formula is C17H20N2O7S. The monoisotopic (exact) mass is 397 g/mol. The number of primary amides is 1. The van der Waals surface area contributed by atoms with E-state index in [2.05, 4.69) is 5.32 Å². The molecule has 0 unspecified atom stereocenters. The summed E-state index contributed by atoms with van der Waals surface area (Å²) in [5.74, 6) is 0.370. The van der Waals surface area contributed by atoms with Crippen LogP contribution in [0.5, 0.6) is 5.75 Å². The summed E-state index contributed by atoms with van der Waals surface area (Å²) < 4.78 is 10.8. The van der Waals surface area contributed by atoms with E-state index in [-0.39, 0.29) is 0 Å². The van der Waals surface area contributed by atoms with Gasteiger partial charge in [-0.05, 0) is 35.9 Å². The molecule has 0 bridgehead atoms. The third-order valence-electron chi connectivity index (χ3n) is 4.11. The standard InChI is InChI=1S/C17H20N2O7S/c18-17(24)19-9-5-12(27-7-9)8-1-3-10(4-2-8)25-16-15(23)14(22)13(21)11(6-20)26-16/h1-5,7,11,13-16,20-23H,6H2,(H3,18,19,24)/t11-,13-,14+,15+,16+/m1/s1/i17+1. The zero-order valence-electron chi connectivity index (χ0n) is 14.1. The van der Waals surface area contributed by atoms with Crippen molar-refractivity contribution < 1.29 is 34.7 Å². The van der Waals surface area contributed by atoms with E-state index in [0.29, 0.717) is 11.4 Å². The lowest BCUT2D eigenvalue weighted by atomic mass is 9.99. The third-order valence-corrected chi connectivity index (χ3v) is 5.09. The topological polar surface area (TPSA) is 154 Å². The van der Waals surface area contributed by atoms with Gasteiger partial charge in [0.05, 0.1) is 12.3 Å². The Kier molecular flexibility index (Phi) is 5.95. The van der Waals surface area contributed by atoms with Gasteiger partial charge in [0.2, 0.25) is 6.29 Å². The number of carbonyl (C=O) groups is 1. The molecule has 146 valence electrons. The highest BCUT2D eigenvalue weighted by molar-refractivity contribution is 7.14. The summed E-state index contributed by atoms with van der Waals surface area (Å²) in [5, 5.41) is 43.0. The number of nitrogens with two attached hydrogens (primary N) is 1. The molecule has 3 rings (SSSR count). The van der Waals surface area contributed by atoms with Gasteiger partial charge in [0.25, 0.3) is 0 Å². The maximum Gasteiger partial charge on any atom is 0.316 e. The maximum absolute atomic E-state index is 10.9. The Morgan fingerprint density at radius 3 is 2.52 bits per heavy atom. The largest absolute Gasteiger partial charge is 0.462 e. The Balaban J connectivity index is 1.68. The molecule has 0 aliphatic carbocycles. The SMILES string of the molecule is N[13C](=O)Nc1csc(-c2ccc(O[C@H]3O[C@H](CO)[C@@H](O)[C@H](O)[C@@H]3O)cc2)c1. The second kappa shape index (κ2) is 8.21. The highest BCUT2D eigenvalue weighted by atomic mass is 32.1. The number of aliphatic hydroxyl groups is 4. The second-order valence-electron chi connectivity index (χ2n) is 6.03. The van der Waals surface area contributed by atoms with Crippen LogP contribution in [-0.4, -0.2) is 63.8 Å². The summed E-state index contributed by atoms with van der Waals surface area (Å²) in [6, 6.07) is 8.00. The molecule has 0 saturated carbocycles. The molecule has 1 aliphatic rings. The van der Waals surface area contributed by atoms with Gasteiger partial charge in [0.15, 0.2) is 0 Å². The number of urea groups is 1. The Morgan fingerprint density at radius 2 is 1.89 bits per heavy atom. The molecule has 0 radical (unpaired) electrons. The fourth-order valence-electron chi connectivity index (χ4n) is 2.69. The third kappa shape index (κ3) is 4.38. The maximum atomic E-state index is 10.9. The van der Waals surface area contributed by atoms with Crippen molar-refractivity contribution in [2.45, 2.75) is 30.7 Å². The molecule has 5 atom stereocenters. The molecule has 2 aromatic rings. The molecule has 2 amide bonds. The fourth-order valence-corrected chi connectivity index (χ4v) is 3.54. The lowest BCUT2D eigenvalue weighted by Crippen LogP contribution is -2.60. The number of ether oxygens (including phenoxy) is 2. The number of carbonyl (C=O) groups excluding carboxylic acids is 1. The highest BCUT2D eigenvalue weighted by Gasteiger charge is 2.44. The molecule has 2 heterocycles. The van der Waals surface area contributed by atoms with Crippen LogP contribution >= 0.6 is 11.3 Å². The van der Waals surface area contributed by atoms with Crippen LogP contribution < -0.4 is 15.8 Å². The van der Waals surface area contributed by atoms with Crippen molar-refractivity contribution in [1.29, 1.82) is 0 Å². The van der Waals surface area contributed by atoms with Gasteiger partial charge in [0.1, 0.15) is 30.2 Å². The predicted molar refractivity (Wildman–Crippen MR) is 97.4 cm³/mol. The minimum atomic E-state index is -1.50. The summed E-state index contributed by atoms with van der Waals surface area (Å²) >= 11 is 1.43. The van der Waals surface area contributed by atoms with E-state index in [9.17, 15) is 25.2 Å². The lowest BCUT2D eigenvalue weighted by Gasteiger charge is -2.39. The fraction of sp³-hybridized carbons (Fsp3) is 0.353. The van der Waals surface area contributed by atoms with Crippen LogP contribution in [0.2, 0.25) is 0 Å². The van der Waals surface area contributed by atoms with E-state index in [1.54, 1.807) is 35.7 Å². The minimum absolute atomic E-state index is 0.370. The van der Waals surface area contributed by atoms with Crippen molar-refractivity contribution in [1.82, 2.24) is 0 Å². The van der Waals surface area contributed by atoms with Crippen molar-refractivity contribution in [3.63, 3.8) is 0 Å². The Hall–Kier alpha value is -2.21. The van der Waals surface area contributed by atoms with Gasteiger partial charge in [-0.3, -0.25) is 0 Å². The van der Waals surface area contributed by atoms with Crippen molar-refractivity contribution >= 4 is 23.1 Å². The summed E-state index contributed by atoms with van der Waals surface area (Å²) in [7, 11) is 0. The molecule has 27 heavy (non-hydrogen) atoms. The molecule has 1 aromatic carbocycles. The molecule has 9 nitrogen and oxygen atoms in total. The number of hydrogen-bond donors (Lipinski definition) is 6. The van der Waals surface area contributed by atoms with Crippen molar-refractivity contribution in [3.05, 3.63) is 35.7 Å². The molecular weight excluding hydrogens is 377 g/mol. The van der Waals surface area contributed by atoms with Crippen LogP contribution in [0.3, 0.4) is 0 Å². The van der Waals surface area contributed by atoms with Crippen LogP contribution in [-0.2, 0) is 4.74 Å². The molecule has 1 aromatic heterocycles. The Morgan fingerprint density at radius 1 is 1.19 bits per heavy atom. The molecule has 1 fully saturated rings. The smallest absolute Gasteiger partial charge is 0.316 e. The summed E-state index contributed by atoms with van der Waals surface area (Å²) in [6.45, 7) is -0.524. The van der Waals surface area contributed by atoms with Gasteiger partial charge in [0, 0.05) is 10.3 Å². The van der Waals surface area contributed by atoms with Crippen molar-refractivity contribution in [2.24, 2.45) is 5.73 Å². The van der Waals surface area contributed by atoms with E-state index in [1.807, 2.05) is 0 Å². The Bertz CT molecular complexity index is 780. The highest BCUT2D eigenvalue weighted by Crippen LogP contribution is 2.31. The first kappa shape index (κ1) is 19.5. The first-order valence-electron chi connectivity index (χ1n) is 8.11. The van der Waals surface area contributed by atoms with Crippen LogP contribution in [0, 0.1) is 0 Å². The number of hydrogen-bond acceptors (Lipinski definition) is 8. The van der Waals surface area contributed by atoms with Gasteiger partial charge in [-0.2, -0.15) is 0 Å². The normalized spacial score (nSPS) is 27.9. The number of thiophene rings is 1. The number of benzene rings is 1. The van der Waals surface area contributed by atoms with Crippen LogP contribution in [0.15, 0.2) is 35.7 Å². The zero-order valence-corrected chi connectivity index (χ0v) is 14.9. The number of anilines is 1. The second-order valence-corrected chi connectivity index (χ2v) is 6.94.